The van der Waals surface area contributed by atoms with Crippen molar-refractivity contribution < 1.29 is 13.2 Å². The van der Waals surface area contributed by atoms with Gasteiger partial charge in [0, 0.05) is 26.7 Å². The van der Waals surface area contributed by atoms with Crippen LogP contribution in [0.15, 0.2) is 41.8 Å². The van der Waals surface area contributed by atoms with Gasteiger partial charge in [0.25, 0.3) is 0 Å². The summed E-state index contributed by atoms with van der Waals surface area (Å²) in [7, 11) is -1.98. The number of hydrogen-bond donors (Lipinski definition) is 1. The summed E-state index contributed by atoms with van der Waals surface area (Å²) in [5.41, 5.74) is 0.947. The second-order valence-electron chi connectivity index (χ2n) is 4.57. The summed E-state index contributed by atoms with van der Waals surface area (Å²) in [5.74, 6) is 0. The van der Waals surface area contributed by atoms with E-state index in [0.717, 1.165) is 12.1 Å². The van der Waals surface area contributed by atoms with Crippen molar-refractivity contribution in [3.8, 4) is 0 Å². The first-order valence-electron chi connectivity index (χ1n) is 6.96. The normalized spacial score (nSPS) is 11.8. The second kappa shape index (κ2) is 8.94. The van der Waals surface area contributed by atoms with Crippen LogP contribution in [-0.4, -0.2) is 46.1 Å². The molecule has 0 radical (unpaired) electrons. The van der Waals surface area contributed by atoms with Gasteiger partial charge in [0.2, 0.25) is 10.0 Å². The fourth-order valence-electron chi connectivity index (χ4n) is 1.88. The maximum absolute atomic E-state index is 12.7. The van der Waals surface area contributed by atoms with Crippen LogP contribution in [0.25, 0.3) is 0 Å². The highest BCUT2D eigenvalue weighted by Crippen LogP contribution is 2.17. The molecule has 0 bridgehead atoms. The summed E-state index contributed by atoms with van der Waals surface area (Å²) in [6.07, 6.45) is 1.58. The van der Waals surface area contributed by atoms with Crippen LogP contribution in [0, 0.1) is 0 Å². The van der Waals surface area contributed by atoms with Crippen LogP contribution < -0.4 is 5.32 Å². The summed E-state index contributed by atoms with van der Waals surface area (Å²) in [4.78, 5) is 0.302. The smallest absolute Gasteiger partial charge is 0.243 e. The molecule has 0 aliphatic carbocycles. The molecule has 1 N–H and O–H groups in total. The van der Waals surface area contributed by atoms with E-state index < -0.39 is 10.0 Å². The zero-order chi connectivity index (χ0) is 15.7. The summed E-state index contributed by atoms with van der Waals surface area (Å²) in [6.45, 7) is 8.05. The second-order valence-corrected chi connectivity index (χ2v) is 6.51. The first-order valence-corrected chi connectivity index (χ1v) is 8.40. The molecule has 118 valence electrons. The van der Waals surface area contributed by atoms with Gasteiger partial charge in [-0.15, -0.1) is 6.58 Å². The minimum atomic E-state index is -3.53. The lowest BCUT2D eigenvalue weighted by Crippen LogP contribution is -2.34. The van der Waals surface area contributed by atoms with Crippen molar-refractivity contribution in [2.45, 2.75) is 18.4 Å². The first kappa shape index (κ1) is 17.8. The maximum Gasteiger partial charge on any atom is 0.243 e. The van der Waals surface area contributed by atoms with Gasteiger partial charge >= 0.3 is 0 Å². The zero-order valence-electron chi connectivity index (χ0n) is 12.7. The Balaban J connectivity index is 3.00. The van der Waals surface area contributed by atoms with Gasteiger partial charge in [0.05, 0.1) is 11.5 Å². The number of hydrogen-bond acceptors (Lipinski definition) is 4. The van der Waals surface area contributed by atoms with E-state index in [1.807, 2.05) is 13.0 Å². The predicted molar refractivity (Wildman–Crippen MR) is 84.7 cm³/mol. The standard InChI is InChI=1S/C15H24N2O3S/c1-4-9-17(10-11-20-3)21(18,19)15-8-6-7-14(12-15)13-16-5-2/h4,6-8,12,16H,1,5,9-11,13H2,2-3H3. The molecule has 1 rings (SSSR count). The highest BCUT2D eigenvalue weighted by atomic mass is 32.2. The molecule has 0 aliphatic rings. The van der Waals surface area contributed by atoms with E-state index in [1.54, 1.807) is 31.4 Å². The molecular weight excluding hydrogens is 288 g/mol. The topological polar surface area (TPSA) is 58.6 Å². The largest absolute Gasteiger partial charge is 0.383 e. The molecule has 0 unspecified atom stereocenters. The Morgan fingerprint density at radius 2 is 2.19 bits per heavy atom. The number of benzene rings is 1. The predicted octanol–water partition coefficient (Wildman–Crippen LogP) is 1.62. The van der Waals surface area contributed by atoms with Gasteiger partial charge in [0.1, 0.15) is 0 Å². The lowest BCUT2D eigenvalue weighted by molar-refractivity contribution is 0.182. The molecule has 1 aromatic rings. The number of nitrogens with one attached hydrogen (secondary N) is 1. The molecular formula is C15H24N2O3S. The van der Waals surface area contributed by atoms with Gasteiger partial charge in [-0.3, -0.25) is 0 Å². The van der Waals surface area contributed by atoms with Crippen molar-refractivity contribution in [2.75, 3.05) is 33.4 Å². The van der Waals surface area contributed by atoms with Crippen LogP contribution in [-0.2, 0) is 21.3 Å². The molecule has 0 heterocycles. The molecule has 0 saturated carbocycles. The van der Waals surface area contributed by atoms with E-state index >= 15 is 0 Å². The lowest BCUT2D eigenvalue weighted by atomic mass is 10.2. The van der Waals surface area contributed by atoms with Crippen molar-refractivity contribution in [2.24, 2.45) is 0 Å². The molecule has 1 aromatic carbocycles. The number of ether oxygens (including phenoxy) is 1. The molecule has 0 spiro atoms. The van der Waals surface area contributed by atoms with Gasteiger partial charge in [-0.05, 0) is 24.2 Å². The maximum atomic E-state index is 12.7. The SMILES string of the molecule is C=CCN(CCOC)S(=O)(=O)c1cccc(CNCC)c1. The zero-order valence-corrected chi connectivity index (χ0v) is 13.5. The van der Waals surface area contributed by atoms with Crippen LogP contribution in [0.5, 0.6) is 0 Å². The fourth-order valence-corrected chi connectivity index (χ4v) is 3.35. The molecule has 0 amide bonds. The lowest BCUT2D eigenvalue weighted by Gasteiger charge is -2.20. The minimum absolute atomic E-state index is 0.267. The van der Waals surface area contributed by atoms with E-state index in [9.17, 15) is 8.42 Å². The monoisotopic (exact) mass is 312 g/mol. The highest BCUT2D eigenvalue weighted by Gasteiger charge is 2.23. The summed E-state index contributed by atoms with van der Waals surface area (Å²) in [5, 5.41) is 3.19. The summed E-state index contributed by atoms with van der Waals surface area (Å²) < 4.78 is 31.7. The van der Waals surface area contributed by atoms with E-state index in [2.05, 4.69) is 11.9 Å². The Kier molecular flexibility index (Phi) is 7.60. The van der Waals surface area contributed by atoms with Gasteiger partial charge in [-0.2, -0.15) is 4.31 Å². The van der Waals surface area contributed by atoms with Crippen molar-refractivity contribution in [3.63, 3.8) is 0 Å². The fraction of sp³-hybridized carbons (Fsp3) is 0.467. The van der Waals surface area contributed by atoms with E-state index in [4.69, 9.17) is 4.74 Å². The Hall–Kier alpha value is -1.21. The van der Waals surface area contributed by atoms with Crippen molar-refractivity contribution in [1.29, 1.82) is 0 Å². The van der Waals surface area contributed by atoms with Crippen LogP contribution in [0.4, 0.5) is 0 Å². The number of rotatable bonds is 10. The first-order chi connectivity index (χ1) is 10.1. The third kappa shape index (κ3) is 5.24. The summed E-state index contributed by atoms with van der Waals surface area (Å²) in [6, 6.07) is 7.01. The Morgan fingerprint density at radius 1 is 1.43 bits per heavy atom. The average molecular weight is 312 g/mol. The van der Waals surface area contributed by atoms with E-state index in [0.29, 0.717) is 24.6 Å². The van der Waals surface area contributed by atoms with Crippen LogP contribution in [0.2, 0.25) is 0 Å². The van der Waals surface area contributed by atoms with Crippen LogP contribution in [0.3, 0.4) is 0 Å². The number of nitrogens with zero attached hydrogens (tertiary/aromatic N) is 1. The van der Waals surface area contributed by atoms with Crippen LogP contribution in [0.1, 0.15) is 12.5 Å². The van der Waals surface area contributed by atoms with E-state index in [-0.39, 0.29) is 6.54 Å². The quantitative estimate of drug-likeness (QED) is 0.667. The molecule has 21 heavy (non-hydrogen) atoms. The Bertz CT molecular complexity index is 544. The molecule has 6 heteroatoms. The molecule has 5 nitrogen and oxygen atoms in total. The molecule has 0 saturated heterocycles. The number of sulfonamides is 1. The van der Waals surface area contributed by atoms with Gasteiger partial charge in [-0.25, -0.2) is 8.42 Å². The summed E-state index contributed by atoms with van der Waals surface area (Å²) >= 11 is 0. The Labute approximate surface area is 127 Å². The van der Waals surface area contributed by atoms with E-state index in [1.165, 1.54) is 4.31 Å². The van der Waals surface area contributed by atoms with Gasteiger partial charge < -0.3 is 10.1 Å². The minimum Gasteiger partial charge on any atom is -0.383 e. The number of methoxy groups -OCH3 is 1. The third-order valence-electron chi connectivity index (χ3n) is 2.99. The molecule has 0 fully saturated rings. The van der Waals surface area contributed by atoms with Crippen molar-refractivity contribution in [1.82, 2.24) is 9.62 Å². The third-order valence-corrected chi connectivity index (χ3v) is 4.85. The van der Waals surface area contributed by atoms with Gasteiger partial charge in [-0.1, -0.05) is 25.1 Å². The average Bonchev–Trinajstić information content (AvgIpc) is 2.49. The van der Waals surface area contributed by atoms with Crippen molar-refractivity contribution >= 4 is 10.0 Å². The van der Waals surface area contributed by atoms with Crippen LogP contribution >= 0.6 is 0 Å². The molecule has 0 atom stereocenters. The Morgan fingerprint density at radius 3 is 2.81 bits per heavy atom. The molecule has 0 aromatic heterocycles. The van der Waals surface area contributed by atoms with Crippen molar-refractivity contribution in [3.05, 3.63) is 42.5 Å². The molecule has 0 aliphatic heterocycles. The highest BCUT2D eigenvalue weighted by molar-refractivity contribution is 7.89. The van der Waals surface area contributed by atoms with Gasteiger partial charge in [0.15, 0.2) is 0 Å².